The van der Waals surface area contributed by atoms with Crippen molar-refractivity contribution < 1.29 is 9.90 Å². The van der Waals surface area contributed by atoms with Crippen molar-refractivity contribution in [2.75, 3.05) is 12.4 Å². The maximum absolute atomic E-state index is 10.0. The lowest BCUT2D eigenvalue weighted by molar-refractivity contribution is -0.107. The zero-order valence-corrected chi connectivity index (χ0v) is 13.7. The van der Waals surface area contributed by atoms with Gasteiger partial charge in [-0.1, -0.05) is 6.08 Å². The maximum atomic E-state index is 10.0. The Morgan fingerprint density at radius 1 is 1.30 bits per heavy atom. The summed E-state index contributed by atoms with van der Waals surface area (Å²) in [4.78, 5) is 18.4. The molecule has 0 atom stereocenters. The monoisotopic (exact) mass is 329 g/mol. The van der Waals surface area contributed by atoms with E-state index in [1.54, 1.807) is 29.8 Å². The fourth-order valence-electron chi connectivity index (χ4n) is 2.03. The number of nitrogens with zero attached hydrogens (tertiary/aromatic N) is 2. The van der Waals surface area contributed by atoms with Crippen LogP contribution in [0.15, 0.2) is 53.4 Å². The Bertz CT molecular complexity index is 693. The summed E-state index contributed by atoms with van der Waals surface area (Å²) in [6.07, 6.45) is 10.2. The minimum absolute atomic E-state index is 0.276. The van der Waals surface area contributed by atoms with Gasteiger partial charge in [0.15, 0.2) is 5.13 Å². The minimum Gasteiger partial charge on any atom is -0.508 e. The van der Waals surface area contributed by atoms with E-state index in [0.717, 1.165) is 41.1 Å². The third kappa shape index (κ3) is 5.03. The van der Waals surface area contributed by atoms with Crippen LogP contribution in [0.3, 0.4) is 0 Å². The number of aromatic nitrogens is 2. The Hall–Kier alpha value is -2.47. The van der Waals surface area contributed by atoms with Crippen LogP contribution in [-0.4, -0.2) is 28.4 Å². The molecule has 0 saturated carbocycles. The summed E-state index contributed by atoms with van der Waals surface area (Å²) in [5, 5.41) is 15.1. The van der Waals surface area contributed by atoms with E-state index in [4.69, 9.17) is 5.11 Å². The SMILES string of the molecule is CNc1nc(-c2ccncc2)cs1.O=CCC1=CCCC=C1O. The molecule has 2 aromatic rings. The normalized spacial score (nSPS) is 13.3. The molecule has 2 heterocycles. The molecular formula is C17H19N3O2S. The summed E-state index contributed by atoms with van der Waals surface area (Å²) in [6.45, 7) is 0. The molecule has 23 heavy (non-hydrogen) atoms. The minimum atomic E-state index is 0.276. The van der Waals surface area contributed by atoms with Crippen molar-refractivity contribution in [1.29, 1.82) is 0 Å². The van der Waals surface area contributed by atoms with E-state index in [9.17, 15) is 4.79 Å². The summed E-state index contributed by atoms with van der Waals surface area (Å²) in [6, 6.07) is 3.91. The van der Waals surface area contributed by atoms with Gasteiger partial charge < -0.3 is 15.2 Å². The van der Waals surface area contributed by atoms with E-state index >= 15 is 0 Å². The molecule has 6 heteroatoms. The van der Waals surface area contributed by atoms with Gasteiger partial charge >= 0.3 is 0 Å². The number of aliphatic hydroxyl groups is 1. The molecule has 120 valence electrons. The van der Waals surface area contributed by atoms with Gasteiger partial charge in [0.05, 0.1) is 5.69 Å². The number of aldehydes is 1. The molecule has 3 rings (SSSR count). The summed E-state index contributed by atoms with van der Waals surface area (Å²) in [7, 11) is 1.87. The Balaban J connectivity index is 0.000000174. The highest BCUT2D eigenvalue weighted by atomic mass is 32.1. The van der Waals surface area contributed by atoms with Gasteiger partial charge in [0, 0.05) is 36.8 Å². The standard InChI is InChI=1S/C9H9N3S.C8H10O2/c1-10-9-12-8(6-13-9)7-2-4-11-5-3-7;9-6-5-7-3-1-2-4-8(7)10/h2-6H,1H3,(H,10,12);3-4,6,10H,1-2,5H2. The van der Waals surface area contributed by atoms with Crippen molar-refractivity contribution in [3.05, 3.63) is 53.4 Å². The first-order valence-corrected chi connectivity index (χ1v) is 8.18. The van der Waals surface area contributed by atoms with E-state index in [0.29, 0.717) is 6.42 Å². The number of carbonyl (C=O) groups is 1. The van der Waals surface area contributed by atoms with Crippen LogP contribution in [0.5, 0.6) is 0 Å². The van der Waals surface area contributed by atoms with Crippen molar-refractivity contribution in [3.8, 4) is 11.3 Å². The molecular weight excluding hydrogens is 310 g/mol. The van der Waals surface area contributed by atoms with Crippen LogP contribution in [0.4, 0.5) is 5.13 Å². The van der Waals surface area contributed by atoms with Gasteiger partial charge in [-0.25, -0.2) is 4.98 Å². The first-order valence-electron chi connectivity index (χ1n) is 7.30. The van der Waals surface area contributed by atoms with Crippen LogP contribution in [0.1, 0.15) is 19.3 Å². The van der Waals surface area contributed by atoms with E-state index in [-0.39, 0.29) is 5.76 Å². The topological polar surface area (TPSA) is 75.1 Å². The zero-order chi connectivity index (χ0) is 16.5. The molecule has 1 aliphatic carbocycles. The number of allylic oxidation sites excluding steroid dienone is 3. The van der Waals surface area contributed by atoms with Crippen LogP contribution < -0.4 is 5.32 Å². The summed E-state index contributed by atoms with van der Waals surface area (Å²) in [5.74, 6) is 0.276. The number of hydrogen-bond donors (Lipinski definition) is 2. The average Bonchev–Trinajstić information content (AvgIpc) is 3.08. The molecule has 5 nitrogen and oxygen atoms in total. The van der Waals surface area contributed by atoms with Gasteiger partial charge in [-0.2, -0.15) is 0 Å². The van der Waals surface area contributed by atoms with E-state index in [1.165, 1.54) is 0 Å². The highest BCUT2D eigenvalue weighted by Crippen LogP contribution is 2.23. The smallest absolute Gasteiger partial charge is 0.182 e. The van der Waals surface area contributed by atoms with Gasteiger partial charge in [0.1, 0.15) is 12.0 Å². The zero-order valence-electron chi connectivity index (χ0n) is 12.9. The van der Waals surface area contributed by atoms with Gasteiger partial charge in [0.2, 0.25) is 0 Å². The second kappa shape index (κ2) is 8.85. The Morgan fingerprint density at radius 3 is 2.65 bits per heavy atom. The number of carbonyl (C=O) groups excluding carboxylic acids is 1. The highest BCUT2D eigenvalue weighted by molar-refractivity contribution is 7.14. The lowest BCUT2D eigenvalue weighted by Gasteiger charge is -2.06. The number of aliphatic hydroxyl groups excluding tert-OH is 1. The maximum Gasteiger partial charge on any atom is 0.182 e. The molecule has 0 aliphatic heterocycles. The lowest BCUT2D eigenvalue weighted by atomic mass is 10.0. The lowest BCUT2D eigenvalue weighted by Crippen LogP contribution is -1.94. The second-order valence-electron chi connectivity index (χ2n) is 4.79. The van der Waals surface area contributed by atoms with Crippen molar-refractivity contribution in [2.24, 2.45) is 0 Å². The number of nitrogens with one attached hydrogen (secondary N) is 1. The van der Waals surface area contributed by atoms with E-state index < -0.39 is 0 Å². The third-order valence-corrected chi connectivity index (χ3v) is 4.08. The quantitative estimate of drug-likeness (QED) is 0.830. The van der Waals surface area contributed by atoms with Crippen LogP contribution in [0.25, 0.3) is 11.3 Å². The molecule has 2 aromatic heterocycles. The third-order valence-electron chi connectivity index (χ3n) is 3.22. The molecule has 0 spiro atoms. The summed E-state index contributed by atoms with van der Waals surface area (Å²) < 4.78 is 0. The van der Waals surface area contributed by atoms with E-state index in [1.807, 2.05) is 30.6 Å². The summed E-state index contributed by atoms with van der Waals surface area (Å²) in [5.41, 5.74) is 2.87. The number of hydrogen-bond acceptors (Lipinski definition) is 6. The molecule has 0 unspecified atom stereocenters. The fraction of sp³-hybridized carbons (Fsp3) is 0.235. The summed E-state index contributed by atoms with van der Waals surface area (Å²) >= 11 is 1.60. The molecule has 0 saturated heterocycles. The van der Waals surface area contributed by atoms with Crippen molar-refractivity contribution in [2.45, 2.75) is 19.3 Å². The second-order valence-corrected chi connectivity index (χ2v) is 5.65. The number of anilines is 1. The van der Waals surface area contributed by atoms with Crippen molar-refractivity contribution in [1.82, 2.24) is 9.97 Å². The van der Waals surface area contributed by atoms with Crippen LogP contribution in [0.2, 0.25) is 0 Å². The van der Waals surface area contributed by atoms with Crippen molar-refractivity contribution in [3.63, 3.8) is 0 Å². The first-order chi connectivity index (χ1) is 11.2. The Morgan fingerprint density at radius 2 is 2.04 bits per heavy atom. The van der Waals surface area contributed by atoms with Crippen molar-refractivity contribution >= 4 is 22.8 Å². The predicted molar refractivity (Wildman–Crippen MR) is 93.6 cm³/mol. The predicted octanol–water partition coefficient (Wildman–Crippen LogP) is 3.98. The Kier molecular flexibility index (Phi) is 6.50. The Labute approximate surface area is 139 Å². The van der Waals surface area contributed by atoms with Crippen LogP contribution >= 0.6 is 11.3 Å². The molecule has 0 amide bonds. The van der Waals surface area contributed by atoms with Gasteiger partial charge in [-0.3, -0.25) is 4.98 Å². The highest BCUT2D eigenvalue weighted by Gasteiger charge is 2.05. The van der Waals surface area contributed by atoms with Gasteiger partial charge in [-0.05, 0) is 36.6 Å². The molecule has 1 aliphatic rings. The number of rotatable bonds is 4. The van der Waals surface area contributed by atoms with Gasteiger partial charge in [0.25, 0.3) is 0 Å². The van der Waals surface area contributed by atoms with Crippen LogP contribution in [0, 0.1) is 0 Å². The average molecular weight is 329 g/mol. The van der Waals surface area contributed by atoms with Crippen LogP contribution in [-0.2, 0) is 4.79 Å². The van der Waals surface area contributed by atoms with E-state index in [2.05, 4.69) is 15.3 Å². The number of pyridine rings is 1. The molecule has 0 radical (unpaired) electrons. The van der Waals surface area contributed by atoms with Gasteiger partial charge in [-0.15, -0.1) is 11.3 Å². The molecule has 0 aromatic carbocycles. The fourth-order valence-corrected chi connectivity index (χ4v) is 2.72. The molecule has 0 bridgehead atoms. The largest absolute Gasteiger partial charge is 0.508 e. The number of thiazole rings is 1. The molecule has 2 N–H and O–H groups in total. The first kappa shape index (κ1) is 16.9. The molecule has 0 fully saturated rings.